The topological polar surface area (TPSA) is 57.5 Å². The van der Waals surface area contributed by atoms with Gasteiger partial charge in [0.25, 0.3) is 0 Å². The summed E-state index contributed by atoms with van der Waals surface area (Å²) in [5, 5.41) is 11.7. The van der Waals surface area contributed by atoms with Crippen molar-refractivity contribution in [3.63, 3.8) is 0 Å². The number of benzene rings is 1. The lowest BCUT2D eigenvalue weighted by atomic mass is 10.2. The predicted octanol–water partition coefficient (Wildman–Crippen LogP) is 2.70. The van der Waals surface area contributed by atoms with Crippen LogP contribution in [-0.2, 0) is 13.1 Å². The fraction of sp³-hybridized carbons (Fsp3) is 0.545. The molecule has 2 aromatic rings. The summed E-state index contributed by atoms with van der Waals surface area (Å²) >= 11 is 0. The summed E-state index contributed by atoms with van der Waals surface area (Å²) in [7, 11) is 1.83. The van der Waals surface area contributed by atoms with Gasteiger partial charge in [-0.2, -0.15) is 5.10 Å². The first-order chi connectivity index (χ1) is 13.6. The van der Waals surface area contributed by atoms with Crippen molar-refractivity contribution in [2.24, 2.45) is 4.99 Å². The molecule has 2 N–H and O–H groups in total. The van der Waals surface area contributed by atoms with E-state index in [0.29, 0.717) is 6.04 Å². The minimum Gasteiger partial charge on any atom is -0.355 e. The molecule has 3 rings (SSSR count). The highest BCUT2D eigenvalue weighted by molar-refractivity contribution is 5.79. The molecule has 0 radical (unpaired) electrons. The molecule has 0 bridgehead atoms. The molecule has 1 aliphatic rings. The molecule has 6 heteroatoms. The van der Waals surface area contributed by atoms with Crippen molar-refractivity contribution in [2.45, 2.75) is 52.7 Å². The van der Waals surface area contributed by atoms with Crippen LogP contribution in [0.2, 0.25) is 0 Å². The summed E-state index contributed by atoms with van der Waals surface area (Å²) in [6.45, 7) is 11.3. The van der Waals surface area contributed by atoms with Gasteiger partial charge in [0, 0.05) is 37.4 Å². The van der Waals surface area contributed by atoms with Crippen molar-refractivity contribution in [1.82, 2.24) is 25.3 Å². The molecule has 1 aromatic heterocycles. The van der Waals surface area contributed by atoms with Gasteiger partial charge in [-0.15, -0.1) is 0 Å². The van der Waals surface area contributed by atoms with Crippen molar-refractivity contribution in [3.8, 4) is 0 Å². The maximum Gasteiger partial charge on any atom is 0.191 e. The van der Waals surface area contributed by atoms with E-state index in [1.807, 2.05) is 13.1 Å². The monoisotopic (exact) mass is 382 g/mol. The molecule has 0 saturated carbocycles. The first-order valence-electron chi connectivity index (χ1n) is 10.4. The van der Waals surface area contributed by atoms with Gasteiger partial charge >= 0.3 is 0 Å². The van der Waals surface area contributed by atoms with Crippen molar-refractivity contribution >= 4 is 5.96 Å². The Balaban J connectivity index is 1.57. The summed E-state index contributed by atoms with van der Waals surface area (Å²) in [4.78, 5) is 6.94. The van der Waals surface area contributed by atoms with E-state index in [0.717, 1.165) is 37.8 Å². The van der Waals surface area contributed by atoms with Gasteiger partial charge in [0.2, 0.25) is 0 Å². The smallest absolute Gasteiger partial charge is 0.191 e. The second kappa shape index (κ2) is 9.73. The van der Waals surface area contributed by atoms with Crippen LogP contribution >= 0.6 is 0 Å². The lowest BCUT2D eigenvalue weighted by molar-refractivity contribution is 0.267. The first-order valence-corrected chi connectivity index (χ1v) is 10.4. The average Bonchev–Trinajstić information content (AvgIpc) is 3.27. The minimum atomic E-state index is 0.612. The quantitative estimate of drug-likeness (QED) is 0.571. The van der Waals surface area contributed by atoms with E-state index in [1.54, 1.807) is 0 Å². The number of hydrogen-bond acceptors (Lipinski definition) is 3. The number of aromatic nitrogens is 2. The summed E-state index contributed by atoms with van der Waals surface area (Å²) in [5.41, 5.74) is 4.79. The van der Waals surface area contributed by atoms with Gasteiger partial charge in [-0.25, -0.2) is 0 Å². The molecule has 1 aromatic carbocycles. The van der Waals surface area contributed by atoms with E-state index in [2.05, 4.69) is 70.2 Å². The third-order valence-corrected chi connectivity index (χ3v) is 5.77. The Morgan fingerprint density at radius 1 is 1.21 bits per heavy atom. The van der Waals surface area contributed by atoms with Crippen LogP contribution in [0.25, 0.3) is 0 Å². The zero-order valence-electron chi connectivity index (χ0n) is 17.7. The second-order valence-corrected chi connectivity index (χ2v) is 7.52. The van der Waals surface area contributed by atoms with Crippen LogP contribution in [0.15, 0.2) is 35.3 Å². The van der Waals surface area contributed by atoms with Gasteiger partial charge in [-0.3, -0.25) is 14.6 Å². The highest BCUT2D eigenvalue weighted by Gasteiger charge is 2.22. The van der Waals surface area contributed by atoms with Gasteiger partial charge in [0.15, 0.2) is 5.96 Å². The molecule has 0 amide bonds. The maximum atomic E-state index is 4.75. The van der Waals surface area contributed by atoms with Gasteiger partial charge in [0.05, 0.1) is 12.2 Å². The van der Waals surface area contributed by atoms with E-state index in [1.165, 1.54) is 36.2 Å². The largest absolute Gasteiger partial charge is 0.355 e. The second-order valence-electron chi connectivity index (χ2n) is 7.52. The molecule has 28 heavy (non-hydrogen) atoms. The SMILES string of the molecule is CCN1CCCC1CNC(=NC)NCc1c(C)nn(Cc2ccccc2)c1C. The lowest BCUT2D eigenvalue weighted by Crippen LogP contribution is -2.44. The van der Waals surface area contributed by atoms with E-state index in [9.17, 15) is 0 Å². The number of likely N-dealkylation sites (N-methyl/N-ethyl adjacent to an activating group) is 1. The van der Waals surface area contributed by atoms with Gasteiger partial charge < -0.3 is 10.6 Å². The highest BCUT2D eigenvalue weighted by atomic mass is 15.3. The van der Waals surface area contributed by atoms with E-state index < -0.39 is 0 Å². The van der Waals surface area contributed by atoms with Gasteiger partial charge in [0.1, 0.15) is 0 Å². The number of guanidine groups is 1. The summed E-state index contributed by atoms with van der Waals surface area (Å²) in [6, 6.07) is 11.1. The fourth-order valence-electron chi connectivity index (χ4n) is 4.05. The number of hydrogen-bond donors (Lipinski definition) is 2. The first kappa shape index (κ1) is 20.4. The minimum absolute atomic E-state index is 0.612. The summed E-state index contributed by atoms with van der Waals surface area (Å²) in [6.07, 6.45) is 2.56. The number of nitrogens with one attached hydrogen (secondary N) is 2. The highest BCUT2D eigenvalue weighted by Crippen LogP contribution is 2.16. The van der Waals surface area contributed by atoms with E-state index in [4.69, 9.17) is 5.10 Å². The maximum absolute atomic E-state index is 4.75. The third-order valence-electron chi connectivity index (χ3n) is 5.77. The Morgan fingerprint density at radius 3 is 2.71 bits per heavy atom. The molecule has 1 unspecified atom stereocenters. The Hall–Kier alpha value is -2.34. The van der Waals surface area contributed by atoms with E-state index >= 15 is 0 Å². The van der Waals surface area contributed by atoms with Crippen molar-refractivity contribution in [1.29, 1.82) is 0 Å². The van der Waals surface area contributed by atoms with Crippen LogP contribution in [0.4, 0.5) is 0 Å². The number of aliphatic imine (C=N–C) groups is 1. The molecular weight excluding hydrogens is 348 g/mol. The standard InChI is InChI=1S/C22H34N6/c1-5-27-13-9-12-20(27)14-24-22(23-4)25-15-21-17(2)26-28(18(21)3)16-19-10-7-6-8-11-19/h6-8,10-11,20H,5,9,12-16H2,1-4H3,(H2,23,24,25). The van der Waals surface area contributed by atoms with Crippen molar-refractivity contribution in [2.75, 3.05) is 26.7 Å². The van der Waals surface area contributed by atoms with E-state index in [-0.39, 0.29) is 0 Å². The molecule has 2 heterocycles. The fourth-order valence-corrected chi connectivity index (χ4v) is 4.05. The Labute approximate surface area is 169 Å². The predicted molar refractivity (Wildman–Crippen MR) is 116 cm³/mol. The van der Waals surface area contributed by atoms with Gasteiger partial charge in [-0.05, 0) is 45.3 Å². The molecule has 1 saturated heterocycles. The third kappa shape index (κ3) is 4.93. The molecular formula is C22H34N6. The Morgan fingerprint density at radius 2 is 2.00 bits per heavy atom. The Kier molecular flexibility index (Phi) is 7.09. The molecule has 0 spiro atoms. The van der Waals surface area contributed by atoms with Crippen molar-refractivity contribution < 1.29 is 0 Å². The molecule has 1 aliphatic heterocycles. The van der Waals surface area contributed by atoms with Crippen LogP contribution in [0, 0.1) is 13.8 Å². The summed E-state index contributed by atoms with van der Waals surface area (Å²) in [5.74, 6) is 0.859. The van der Waals surface area contributed by atoms with Crippen LogP contribution in [0.1, 0.15) is 42.3 Å². The number of nitrogens with zero attached hydrogens (tertiary/aromatic N) is 4. The van der Waals surface area contributed by atoms with Gasteiger partial charge in [-0.1, -0.05) is 37.3 Å². The summed E-state index contributed by atoms with van der Waals surface area (Å²) < 4.78 is 2.09. The average molecular weight is 383 g/mol. The van der Waals surface area contributed by atoms with Crippen molar-refractivity contribution in [3.05, 3.63) is 52.8 Å². The molecule has 6 nitrogen and oxygen atoms in total. The molecule has 0 aliphatic carbocycles. The van der Waals surface area contributed by atoms with Crippen LogP contribution < -0.4 is 10.6 Å². The zero-order valence-corrected chi connectivity index (χ0v) is 17.7. The lowest BCUT2D eigenvalue weighted by Gasteiger charge is -2.24. The normalized spacial score (nSPS) is 17.9. The Bertz CT molecular complexity index is 780. The number of rotatable bonds is 7. The molecule has 152 valence electrons. The number of aryl methyl sites for hydroxylation is 1. The molecule has 1 atom stereocenters. The van der Waals surface area contributed by atoms with Crippen LogP contribution in [0.5, 0.6) is 0 Å². The number of likely N-dealkylation sites (tertiary alicyclic amines) is 1. The zero-order chi connectivity index (χ0) is 19.9. The molecule has 1 fully saturated rings. The van der Waals surface area contributed by atoms with Crippen LogP contribution in [-0.4, -0.2) is 53.4 Å². The van der Waals surface area contributed by atoms with Crippen LogP contribution in [0.3, 0.4) is 0 Å².